The third kappa shape index (κ3) is 3.43. The lowest BCUT2D eigenvalue weighted by atomic mass is 9.98. The van der Waals surface area contributed by atoms with Crippen LogP contribution in [0.15, 0.2) is 41.8 Å². The van der Waals surface area contributed by atoms with Gasteiger partial charge in [-0.15, -0.1) is 11.3 Å². The van der Waals surface area contributed by atoms with Crippen LogP contribution in [0, 0.1) is 20.8 Å². The van der Waals surface area contributed by atoms with Crippen LogP contribution in [0.1, 0.15) is 32.6 Å². The van der Waals surface area contributed by atoms with Crippen molar-refractivity contribution in [3.8, 4) is 11.3 Å². The highest BCUT2D eigenvalue weighted by Gasteiger charge is 2.31. The summed E-state index contributed by atoms with van der Waals surface area (Å²) in [5, 5.41) is 5.22. The van der Waals surface area contributed by atoms with Gasteiger partial charge in [0.1, 0.15) is 0 Å². The van der Waals surface area contributed by atoms with Gasteiger partial charge in [-0.25, -0.2) is 9.78 Å². The minimum Gasteiger partial charge on any atom is -0.448 e. The van der Waals surface area contributed by atoms with Crippen LogP contribution in [0.25, 0.3) is 11.3 Å². The zero-order chi connectivity index (χ0) is 19.8. The van der Waals surface area contributed by atoms with Gasteiger partial charge < -0.3 is 4.74 Å². The van der Waals surface area contributed by atoms with Crippen molar-refractivity contribution in [2.45, 2.75) is 33.3 Å². The second-order valence-electron chi connectivity index (χ2n) is 7.06. The Morgan fingerprint density at radius 1 is 1.18 bits per heavy atom. The molecule has 3 aromatic rings. The van der Waals surface area contributed by atoms with E-state index in [4.69, 9.17) is 4.74 Å². The Balaban J connectivity index is 1.52. The van der Waals surface area contributed by atoms with Crippen LogP contribution in [0.2, 0.25) is 0 Å². The molecule has 0 radical (unpaired) electrons. The molecule has 1 atom stereocenters. The maximum Gasteiger partial charge on any atom is 0.339 e. The summed E-state index contributed by atoms with van der Waals surface area (Å²) in [7, 11) is 0. The van der Waals surface area contributed by atoms with Crippen LogP contribution >= 0.6 is 11.3 Å². The number of esters is 1. The second-order valence-corrected chi connectivity index (χ2v) is 7.91. The Kier molecular flexibility index (Phi) is 4.73. The van der Waals surface area contributed by atoms with E-state index in [1.807, 2.05) is 17.5 Å². The third-order valence-corrected chi connectivity index (χ3v) is 5.61. The maximum atomic E-state index is 12.6. The van der Waals surface area contributed by atoms with E-state index in [1.54, 1.807) is 12.1 Å². The van der Waals surface area contributed by atoms with Crippen molar-refractivity contribution in [3.63, 3.8) is 0 Å². The van der Waals surface area contributed by atoms with Gasteiger partial charge in [-0.05, 0) is 43.5 Å². The first-order chi connectivity index (χ1) is 13.4. The maximum absolute atomic E-state index is 12.6. The highest BCUT2D eigenvalue weighted by Crippen LogP contribution is 2.31. The number of aromatic nitrogens is 1. The molecule has 28 heavy (non-hydrogen) atoms. The molecule has 0 bridgehead atoms. The van der Waals surface area contributed by atoms with Gasteiger partial charge in [0, 0.05) is 17.4 Å². The van der Waals surface area contributed by atoms with Gasteiger partial charge in [-0.2, -0.15) is 0 Å². The molecule has 2 aromatic carbocycles. The molecule has 6 heteroatoms. The zero-order valence-electron chi connectivity index (χ0n) is 15.9. The molecule has 1 amide bonds. The summed E-state index contributed by atoms with van der Waals surface area (Å²) in [5.74, 6) is -0.825. The summed E-state index contributed by atoms with van der Waals surface area (Å²) in [6, 6.07) is 11.4. The fourth-order valence-electron chi connectivity index (χ4n) is 3.69. The van der Waals surface area contributed by atoms with Crippen LogP contribution in [0.3, 0.4) is 0 Å². The number of ether oxygens (including phenoxy) is 1. The molecule has 0 spiro atoms. The van der Waals surface area contributed by atoms with Gasteiger partial charge in [0.05, 0.1) is 11.3 Å². The zero-order valence-corrected chi connectivity index (χ0v) is 16.7. The predicted octanol–water partition coefficient (Wildman–Crippen LogP) is 4.46. The number of amides is 1. The standard InChI is InChI=1S/C22H20N2O3S/c1-12-8-13(2)19(14(3)9-12)17-11-28-22(23-17)24-20(25)18-10-15-6-4-5-7-16(15)21(26)27-18/h4-9,11,18H,10H2,1-3H3,(H,23,24,25)/t18-/m1/s1. The van der Waals surface area contributed by atoms with Gasteiger partial charge in [-0.3, -0.25) is 10.1 Å². The van der Waals surface area contributed by atoms with Crippen molar-refractivity contribution >= 4 is 28.3 Å². The third-order valence-electron chi connectivity index (χ3n) is 4.85. The van der Waals surface area contributed by atoms with Crippen LogP contribution < -0.4 is 5.32 Å². The van der Waals surface area contributed by atoms with Crippen LogP contribution in [-0.2, 0) is 16.0 Å². The van der Waals surface area contributed by atoms with Crippen molar-refractivity contribution in [1.29, 1.82) is 0 Å². The molecular formula is C22H20N2O3S. The Bertz CT molecular complexity index is 1060. The van der Waals surface area contributed by atoms with Crippen molar-refractivity contribution in [3.05, 3.63) is 69.6 Å². The lowest BCUT2D eigenvalue weighted by Gasteiger charge is -2.23. The summed E-state index contributed by atoms with van der Waals surface area (Å²) in [6.07, 6.45) is -0.486. The fourth-order valence-corrected chi connectivity index (χ4v) is 4.40. The molecule has 1 N–H and O–H groups in total. The minimum atomic E-state index is -0.849. The van der Waals surface area contributed by atoms with Crippen LogP contribution in [-0.4, -0.2) is 23.0 Å². The number of thiazole rings is 1. The van der Waals surface area contributed by atoms with E-state index in [9.17, 15) is 9.59 Å². The number of cyclic esters (lactones) is 1. The van der Waals surface area contributed by atoms with Crippen molar-refractivity contribution in [2.75, 3.05) is 5.32 Å². The molecule has 0 fully saturated rings. The normalized spacial score (nSPS) is 15.7. The van der Waals surface area contributed by atoms with E-state index in [1.165, 1.54) is 16.9 Å². The van der Waals surface area contributed by atoms with Crippen molar-refractivity contribution < 1.29 is 14.3 Å². The molecule has 0 saturated heterocycles. The van der Waals surface area contributed by atoms with E-state index in [2.05, 4.69) is 43.2 Å². The molecule has 5 nitrogen and oxygen atoms in total. The SMILES string of the molecule is Cc1cc(C)c(-c2csc(NC(=O)[C@H]3Cc4ccccc4C(=O)O3)n2)c(C)c1. The number of hydrogen-bond donors (Lipinski definition) is 1. The number of nitrogens with zero attached hydrogens (tertiary/aromatic N) is 1. The van der Waals surface area contributed by atoms with Gasteiger partial charge >= 0.3 is 5.97 Å². The number of benzene rings is 2. The van der Waals surface area contributed by atoms with Crippen molar-refractivity contribution in [2.24, 2.45) is 0 Å². The van der Waals surface area contributed by atoms with E-state index in [0.29, 0.717) is 17.1 Å². The highest BCUT2D eigenvalue weighted by molar-refractivity contribution is 7.14. The largest absolute Gasteiger partial charge is 0.448 e. The fraction of sp³-hybridized carbons (Fsp3) is 0.227. The molecular weight excluding hydrogens is 372 g/mol. The molecule has 4 rings (SSSR count). The Morgan fingerprint density at radius 2 is 1.89 bits per heavy atom. The lowest BCUT2D eigenvalue weighted by molar-refractivity contribution is -0.125. The number of nitrogens with one attached hydrogen (secondary N) is 1. The van der Waals surface area contributed by atoms with Crippen molar-refractivity contribution in [1.82, 2.24) is 4.98 Å². The van der Waals surface area contributed by atoms with Gasteiger partial charge in [0.25, 0.3) is 5.91 Å². The summed E-state index contributed by atoms with van der Waals surface area (Å²) >= 11 is 1.36. The molecule has 2 heterocycles. The lowest BCUT2D eigenvalue weighted by Crippen LogP contribution is -2.37. The second kappa shape index (κ2) is 7.20. The first-order valence-electron chi connectivity index (χ1n) is 9.06. The quantitative estimate of drug-likeness (QED) is 0.669. The van der Waals surface area contributed by atoms with E-state index >= 15 is 0 Å². The van der Waals surface area contributed by atoms with E-state index < -0.39 is 12.1 Å². The number of rotatable bonds is 3. The molecule has 1 aliphatic rings. The van der Waals surface area contributed by atoms with E-state index in [0.717, 1.165) is 27.9 Å². The average molecular weight is 392 g/mol. The van der Waals surface area contributed by atoms with Gasteiger partial charge in [0.15, 0.2) is 11.2 Å². The summed E-state index contributed by atoms with van der Waals surface area (Å²) in [5.41, 5.74) is 6.78. The topological polar surface area (TPSA) is 68.3 Å². The van der Waals surface area contributed by atoms with Gasteiger partial charge in [0.2, 0.25) is 0 Å². The van der Waals surface area contributed by atoms with E-state index in [-0.39, 0.29) is 5.91 Å². The first-order valence-corrected chi connectivity index (χ1v) is 9.94. The molecule has 1 aromatic heterocycles. The summed E-state index contributed by atoms with van der Waals surface area (Å²) < 4.78 is 5.32. The number of aryl methyl sites for hydroxylation is 3. The predicted molar refractivity (Wildman–Crippen MR) is 110 cm³/mol. The molecule has 0 aliphatic carbocycles. The van der Waals surface area contributed by atoms with Crippen LogP contribution in [0.4, 0.5) is 5.13 Å². The number of carbonyl (C=O) groups is 2. The summed E-state index contributed by atoms with van der Waals surface area (Å²) in [4.78, 5) is 29.3. The first kappa shape index (κ1) is 18.4. The molecule has 1 aliphatic heterocycles. The monoisotopic (exact) mass is 392 g/mol. The number of carbonyl (C=O) groups excluding carboxylic acids is 2. The molecule has 0 saturated carbocycles. The molecule has 0 unspecified atom stereocenters. The molecule has 142 valence electrons. The number of fused-ring (bicyclic) bond motifs is 1. The minimum absolute atomic E-state index is 0.360. The number of anilines is 1. The Labute approximate surface area is 167 Å². The smallest absolute Gasteiger partial charge is 0.339 e. The van der Waals surface area contributed by atoms with Crippen LogP contribution in [0.5, 0.6) is 0 Å². The van der Waals surface area contributed by atoms with Gasteiger partial charge in [-0.1, -0.05) is 35.9 Å². The highest BCUT2D eigenvalue weighted by atomic mass is 32.1. The Hall–Kier alpha value is -2.99. The summed E-state index contributed by atoms with van der Waals surface area (Å²) in [6.45, 7) is 6.19. The Morgan fingerprint density at radius 3 is 2.64 bits per heavy atom. The number of hydrogen-bond acceptors (Lipinski definition) is 5. The average Bonchev–Trinajstić information content (AvgIpc) is 3.08.